The molecule has 5 heteroatoms. The predicted molar refractivity (Wildman–Crippen MR) is 94.7 cm³/mol. The second kappa shape index (κ2) is 6.08. The van der Waals surface area contributed by atoms with Gasteiger partial charge in [0.2, 0.25) is 0 Å². The topological polar surface area (TPSA) is 49.8 Å². The average Bonchev–Trinajstić information content (AvgIpc) is 2.81. The van der Waals surface area contributed by atoms with Crippen molar-refractivity contribution in [1.29, 1.82) is 0 Å². The number of phenolic OH excluding ortho intramolecular Hbond substituents is 1. The van der Waals surface area contributed by atoms with Crippen LogP contribution in [0, 0.1) is 0 Å². The van der Waals surface area contributed by atoms with Gasteiger partial charge >= 0.3 is 0 Å². The van der Waals surface area contributed by atoms with Crippen molar-refractivity contribution in [2.75, 3.05) is 18.6 Å². The van der Waals surface area contributed by atoms with Gasteiger partial charge in [0.1, 0.15) is 0 Å². The minimum absolute atomic E-state index is 0.0207. The maximum absolute atomic E-state index is 12.7. The number of methoxy groups -OCH3 is 1. The molecule has 1 aliphatic heterocycles. The molecule has 118 valence electrons. The fourth-order valence-corrected chi connectivity index (χ4v) is 3.19. The number of hydrogen-bond acceptors (Lipinski definition) is 3. The molecule has 0 aromatic heterocycles. The molecule has 0 atom stereocenters. The van der Waals surface area contributed by atoms with Crippen LogP contribution in [0.1, 0.15) is 18.1 Å². The van der Waals surface area contributed by atoms with Crippen LogP contribution in [0.2, 0.25) is 0 Å². The number of carbonyl (C=O) groups is 1. The Labute approximate surface area is 143 Å². The number of para-hydroxylation sites is 1. The van der Waals surface area contributed by atoms with Gasteiger partial charge in [-0.3, -0.25) is 4.79 Å². The van der Waals surface area contributed by atoms with E-state index in [1.54, 1.807) is 17.0 Å². The molecule has 1 aliphatic rings. The van der Waals surface area contributed by atoms with Crippen LogP contribution in [0.15, 0.2) is 40.9 Å². The Morgan fingerprint density at radius 1 is 1.30 bits per heavy atom. The summed E-state index contributed by atoms with van der Waals surface area (Å²) in [6.07, 6.45) is 1.82. The first-order valence-electron chi connectivity index (χ1n) is 7.26. The second-order valence-corrected chi connectivity index (χ2v) is 6.02. The first kappa shape index (κ1) is 15.6. The lowest BCUT2D eigenvalue weighted by Crippen LogP contribution is -2.25. The first-order valence-corrected chi connectivity index (χ1v) is 8.05. The highest BCUT2D eigenvalue weighted by Crippen LogP contribution is 2.39. The largest absolute Gasteiger partial charge is 0.504 e. The number of hydrogen-bond donors (Lipinski definition) is 1. The molecule has 23 heavy (non-hydrogen) atoms. The highest BCUT2D eigenvalue weighted by atomic mass is 79.9. The van der Waals surface area contributed by atoms with Crippen LogP contribution in [0.5, 0.6) is 11.5 Å². The summed E-state index contributed by atoms with van der Waals surface area (Å²) < 4.78 is 5.85. The molecule has 1 heterocycles. The zero-order chi connectivity index (χ0) is 16.6. The summed E-state index contributed by atoms with van der Waals surface area (Å²) in [6.45, 7) is 2.57. The number of anilines is 1. The van der Waals surface area contributed by atoms with E-state index in [9.17, 15) is 9.90 Å². The van der Waals surface area contributed by atoms with Gasteiger partial charge in [-0.1, -0.05) is 34.1 Å². The van der Waals surface area contributed by atoms with E-state index in [0.29, 0.717) is 22.3 Å². The normalized spacial score (nSPS) is 15.2. The van der Waals surface area contributed by atoms with Crippen molar-refractivity contribution in [3.05, 3.63) is 52.0 Å². The van der Waals surface area contributed by atoms with E-state index in [2.05, 4.69) is 15.9 Å². The summed E-state index contributed by atoms with van der Waals surface area (Å²) in [7, 11) is 1.49. The minimum atomic E-state index is -0.0207. The molecule has 0 spiro atoms. The van der Waals surface area contributed by atoms with Gasteiger partial charge in [-0.25, -0.2) is 0 Å². The standard InChI is InChI=1S/C18H16BrNO3/c1-3-20-15-7-5-4-6-12(15)13(18(20)22)8-11-9-17(23-2)16(21)10-14(11)19/h4-10,21H,3H2,1-2H3/b13-8-. The van der Waals surface area contributed by atoms with Crippen molar-refractivity contribution in [3.63, 3.8) is 0 Å². The highest BCUT2D eigenvalue weighted by molar-refractivity contribution is 9.10. The van der Waals surface area contributed by atoms with Crippen LogP contribution in [0.25, 0.3) is 11.6 Å². The molecule has 1 N–H and O–H groups in total. The van der Waals surface area contributed by atoms with Crippen LogP contribution in [0.3, 0.4) is 0 Å². The number of aromatic hydroxyl groups is 1. The molecule has 0 saturated heterocycles. The quantitative estimate of drug-likeness (QED) is 0.824. The lowest BCUT2D eigenvalue weighted by molar-refractivity contribution is -0.112. The number of rotatable bonds is 3. The molecular formula is C18H16BrNO3. The molecule has 0 unspecified atom stereocenters. The van der Waals surface area contributed by atoms with Crippen molar-refractivity contribution < 1.29 is 14.6 Å². The van der Waals surface area contributed by atoms with E-state index in [0.717, 1.165) is 16.8 Å². The SMILES string of the molecule is CCN1C(=O)/C(=C\c2cc(OC)c(O)cc2Br)c2ccccc21. The number of likely N-dealkylation sites (N-methyl/N-ethyl adjacent to an activating group) is 1. The molecular weight excluding hydrogens is 358 g/mol. The predicted octanol–water partition coefficient (Wildman–Crippen LogP) is 4.07. The van der Waals surface area contributed by atoms with Crippen LogP contribution in [0.4, 0.5) is 5.69 Å². The minimum Gasteiger partial charge on any atom is -0.504 e. The fraction of sp³-hybridized carbons (Fsp3) is 0.167. The Hall–Kier alpha value is -2.27. The third-order valence-electron chi connectivity index (χ3n) is 3.87. The van der Waals surface area contributed by atoms with Crippen molar-refractivity contribution in [2.24, 2.45) is 0 Å². The molecule has 4 nitrogen and oxygen atoms in total. The Balaban J connectivity index is 2.15. The lowest BCUT2D eigenvalue weighted by Gasteiger charge is -2.13. The third kappa shape index (κ3) is 2.61. The van der Waals surface area contributed by atoms with Gasteiger partial charge in [0.05, 0.1) is 12.8 Å². The van der Waals surface area contributed by atoms with E-state index < -0.39 is 0 Å². The summed E-state index contributed by atoms with van der Waals surface area (Å²) >= 11 is 3.42. The van der Waals surface area contributed by atoms with Gasteiger partial charge in [0, 0.05) is 22.2 Å². The summed E-state index contributed by atoms with van der Waals surface area (Å²) in [6, 6.07) is 11.0. The summed E-state index contributed by atoms with van der Waals surface area (Å²) in [5.74, 6) is 0.397. The number of ether oxygens (including phenoxy) is 1. The Morgan fingerprint density at radius 2 is 2.04 bits per heavy atom. The van der Waals surface area contributed by atoms with Crippen LogP contribution >= 0.6 is 15.9 Å². The van der Waals surface area contributed by atoms with Crippen LogP contribution in [-0.2, 0) is 4.79 Å². The summed E-state index contributed by atoms with van der Waals surface area (Å²) in [5.41, 5.74) is 3.25. The Morgan fingerprint density at radius 3 is 2.74 bits per heavy atom. The van der Waals surface area contributed by atoms with E-state index in [1.165, 1.54) is 7.11 Å². The van der Waals surface area contributed by atoms with Crippen molar-refractivity contribution >= 4 is 39.2 Å². The molecule has 1 amide bonds. The number of nitrogens with zero attached hydrogens (tertiary/aromatic N) is 1. The second-order valence-electron chi connectivity index (χ2n) is 5.17. The molecule has 0 fully saturated rings. The summed E-state index contributed by atoms with van der Waals surface area (Å²) in [5, 5.41) is 9.82. The summed E-state index contributed by atoms with van der Waals surface area (Å²) in [4.78, 5) is 14.4. The average molecular weight is 374 g/mol. The molecule has 2 aromatic rings. The first-order chi connectivity index (χ1) is 11.1. The van der Waals surface area contributed by atoms with E-state index >= 15 is 0 Å². The van der Waals surface area contributed by atoms with Crippen LogP contribution < -0.4 is 9.64 Å². The number of fused-ring (bicyclic) bond motifs is 1. The maximum atomic E-state index is 12.7. The highest BCUT2D eigenvalue weighted by Gasteiger charge is 2.30. The third-order valence-corrected chi connectivity index (χ3v) is 4.56. The van der Waals surface area contributed by atoms with Gasteiger partial charge in [0.15, 0.2) is 11.5 Å². The monoisotopic (exact) mass is 373 g/mol. The van der Waals surface area contributed by atoms with Crippen LogP contribution in [-0.4, -0.2) is 24.7 Å². The molecule has 0 bridgehead atoms. The van der Waals surface area contributed by atoms with E-state index in [-0.39, 0.29) is 11.7 Å². The number of amides is 1. The fourth-order valence-electron chi connectivity index (χ4n) is 2.75. The number of carbonyl (C=O) groups excluding carboxylic acids is 1. The number of halogens is 1. The number of phenols is 1. The van der Waals surface area contributed by atoms with Gasteiger partial charge in [-0.05, 0) is 36.8 Å². The molecule has 3 rings (SSSR count). The van der Waals surface area contributed by atoms with E-state index in [1.807, 2.05) is 37.3 Å². The zero-order valence-electron chi connectivity index (χ0n) is 12.8. The molecule has 0 aliphatic carbocycles. The van der Waals surface area contributed by atoms with Crippen molar-refractivity contribution in [3.8, 4) is 11.5 Å². The maximum Gasteiger partial charge on any atom is 0.258 e. The molecule has 0 saturated carbocycles. The zero-order valence-corrected chi connectivity index (χ0v) is 14.4. The Kier molecular flexibility index (Phi) is 4.13. The van der Waals surface area contributed by atoms with Gasteiger partial charge in [-0.15, -0.1) is 0 Å². The van der Waals surface area contributed by atoms with Gasteiger partial charge < -0.3 is 14.7 Å². The van der Waals surface area contributed by atoms with Gasteiger partial charge in [-0.2, -0.15) is 0 Å². The van der Waals surface area contributed by atoms with Gasteiger partial charge in [0.25, 0.3) is 5.91 Å². The van der Waals surface area contributed by atoms with Crippen molar-refractivity contribution in [2.45, 2.75) is 6.92 Å². The number of benzene rings is 2. The van der Waals surface area contributed by atoms with E-state index in [4.69, 9.17) is 4.74 Å². The lowest BCUT2D eigenvalue weighted by atomic mass is 10.0. The molecule has 2 aromatic carbocycles. The molecule has 0 radical (unpaired) electrons. The van der Waals surface area contributed by atoms with Crippen molar-refractivity contribution in [1.82, 2.24) is 0 Å². The smallest absolute Gasteiger partial charge is 0.258 e. The Bertz CT molecular complexity index is 814.